The molecule has 0 spiro atoms. The molecule has 0 saturated carbocycles. The van der Waals surface area contributed by atoms with Crippen molar-refractivity contribution in [3.8, 4) is 5.75 Å². The van der Waals surface area contributed by atoms with E-state index in [1.807, 2.05) is 13.0 Å². The first-order valence-corrected chi connectivity index (χ1v) is 7.24. The molecule has 0 fully saturated rings. The van der Waals surface area contributed by atoms with Crippen molar-refractivity contribution in [3.05, 3.63) is 29.8 Å². The zero-order valence-corrected chi connectivity index (χ0v) is 12.6. The third-order valence-corrected chi connectivity index (χ3v) is 3.17. The molecular formula is C16H23NO4. The lowest BCUT2D eigenvalue weighted by Crippen LogP contribution is -2.28. The van der Waals surface area contributed by atoms with E-state index in [-0.39, 0.29) is 18.4 Å². The number of carbonyl (C=O) groups excluding carboxylic acids is 1. The van der Waals surface area contributed by atoms with Gasteiger partial charge in [-0.3, -0.25) is 4.79 Å². The fraction of sp³-hybridized carbons (Fsp3) is 0.500. The minimum atomic E-state index is -1.02. The standard InChI is InChI=1S/C16H23NO4/c1-3-4-6-12(2)16(20)17-10-13-7-5-8-14(9-13)21-11-15(18)19/h5,7-9,12H,3-4,6,10-11H2,1-2H3,(H,17,20)(H,18,19). The molecule has 1 aromatic carbocycles. The van der Waals surface area contributed by atoms with Gasteiger partial charge in [0.1, 0.15) is 5.75 Å². The summed E-state index contributed by atoms with van der Waals surface area (Å²) in [6.07, 6.45) is 3.03. The van der Waals surface area contributed by atoms with Gasteiger partial charge in [-0.25, -0.2) is 4.79 Å². The van der Waals surface area contributed by atoms with Crippen LogP contribution in [-0.4, -0.2) is 23.6 Å². The van der Waals surface area contributed by atoms with E-state index >= 15 is 0 Å². The fourth-order valence-electron chi connectivity index (χ4n) is 1.90. The minimum Gasteiger partial charge on any atom is -0.482 e. The van der Waals surface area contributed by atoms with Crippen LogP contribution in [0.3, 0.4) is 0 Å². The van der Waals surface area contributed by atoms with Gasteiger partial charge in [0.25, 0.3) is 0 Å². The molecule has 5 nitrogen and oxygen atoms in total. The van der Waals surface area contributed by atoms with Crippen molar-refractivity contribution in [2.24, 2.45) is 5.92 Å². The molecule has 0 aliphatic carbocycles. The fourth-order valence-corrected chi connectivity index (χ4v) is 1.90. The van der Waals surface area contributed by atoms with Crippen LogP contribution in [0.4, 0.5) is 0 Å². The van der Waals surface area contributed by atoms with Crippen LogP contribution in [-0.2, 0) is 16.1 Å². The van der Waals surface area contributed by atoms with Crippen molar-refractivity contribution < 1.29 is 19.4 Å². The van der Waals surface area contributed by atoms with Gasteiger partial charge in [0, 0.05) is 12.5 Å². The molecular weight excluding hydrogens is 270 g/mol. The lowest BCUT2D eigenvalue weighted by Gasteiger charge is -2.12. The first kappa shape index (κ1) is 17.0. The highest BCUT2D eigenvalue weighted by Gasteiger charge is 2.11. The van der Waals surface area contributed by atoms with Crippen LogP contribution in [0.15, 0.2) is 24.3 Å². The summed E-state index contributed by atoms with van der Waals surface area (Å²) in [6.45, 7) is 4.08. The number of rotatable bonds is 9. The Kier molecular flexibility index (Phi) is 7.29. The number of amides is 1. The molecule has 5 heteroatoms. The first-order chi connectivity index (χ1) is 10.0. The summed E-state index contributed by atoms with van der Waals surface area (Å²) in [7, 11) is 0. The molecule has 1 aromatic rings. The van der Waals surface area contributed by atoms with Crippen LogP contribution in [0, 0.1) is 5.92 Å². The van der Waals surface area contributed by atoms with Gasteiger partial charge in [-0.15, -0.1) is 0 Å². The Morgan fingerprint density at radius 1 is 1.38 bits per heavy atom. The molecule has 0 radical (unpaired) electrons. The lowest BCUT2D eigenvalue weighted by molar-refractivity contribution is -0.139. The molecule has 1 unspecified atom stereocenters. The average molecular weight is 293 g/mol. The second-order valence-corrected chi connectivity index (χ2v) is 5.09. The number of nitrogens with one attached hydrogen (secondary N) is 1. The Bertz CT molecular complexity index is 473. The van der Waals surface area contributed by atoms with Crippen LogP contribution >= 0.6 is 0 Å². The van der Waals surface area contributed by atoms with E-state index < -0.39 is 5.97 Å². The van der Waals surface area contributed by atoms with Gasteiger partial charge in [0.15, 0.2) is 6.61 Å². The molecule has 21 heavy (non-hydrogen) atoms. The maximum Gasteiger partial charge on any atom is 0.341 e. The summed E-state index contributed by atoms with van der Waals surface area (Å²) in [5.41, 5.74) is 0.883. The largest absolute Gasteiger partial charge is 0.482 e. The molecule has 0 saturated heterocycles. The molecule has 1 atom stereocenters. The number of hydrogen-bond acceptors (Lipinski definition) is 3. The molecule has 116 valence electrons. The molecule has 0 aliphatic rings. The molecule has 1 rings (SSSR count). The monoisotopic (exact) mass is 293 g/mol. The lowest BCUT2D eigenvalue weighted by atomic mass is 10.0. The van der Waals surface area contributed by atoms with Crippen LogP contribution < -0.4 is 10.1 Å². The SMILES string of the molecule is CCCCC(C)C(=O)NCc1cccc(OCC(=O)O)c1. The van der Waals surface area contributed by atoms with Gasteiger partial charge in [-0.2, -0.15) is 0 Å². The number of carbonyl (C=O) groups is 2. The Hall–Kier alpha value is -2.04. The highest BCUT2D eigenvalue weighted by atomic mass is 16.5. The van der Waals surface area contributed by atoms with E-state index in [1.54, 1.807) is 18.2 Å². The van der Waals surface area contributed by atoms with E-state index in [0.29, 0.717) is 12.3 Å². The maximum atomic E-state index is 11.9. The highest BCUT2D eigenvalue weighted by molar-refractivity contribution is 5.78. The van der Waals surface area contributed by atoms with Crippen molar-refractivity contribution in [3.63, 3.8) is 0 Å². The van der Waals surface area contributed by atoms with Crippen molar-refractivity contribution in [2.75, 3.05) is 6.61 Å². The Morgan fingerprint density at radius 2 is 2.14 bits per heavy atom. The summed E-state index contributed by atoms with van der Waals surface area (Å²) in [4.78, 5) is 22.4. The van der Waals surface area contributed by atoms with Gasteiger partial charge >= 0.3 is 5.97 Å². The molecule has 0 heterocycles. The van der Waals surface area contributed by atoms with Crippen LogP contribution in [0.5, 0.6) is 5.75 Å². The summed E-state index contributed by atoms with van der Waals surface area (Å²) in [6, 6.07) is 7.07. The first-order valence-electron chi connectivity index (χ1n) is 7.24. The minimum absolute atomic E-state index is 0.0105. The summed E-state index contributed by atoms with van der Waals surface area (Å²) < 4.78 is 5.10. The van der Waals surface area contributed by atoms with Crippen molar-refractivity contribution in [1.82, 2.24) is 5.32 Å². The molecule has 0 aliphatic heterocycles. The zero-order valence-electron chi connectivity index (χ0n) is 12.6. The topological polar surface area (TPSA) is 75.6 Å². The quantitative estimate of drug-likeness (QED) is 0.734. The highest BCUT2D eigenvalue weighted by Crippen LogP contribution is 2.14. The Balaban J connectivity index is 2.45. The predicted octanol–water partition coefficient (Wildman–Crippen LogP) is 2.59. The number of aliphatic carboxylic acids is 1. The second-order valence-electron chi connectivity index (χ2n) is 5.09. The number of hydrogen-bond donors (Lipinski definition) is 2. The number of carboxylic acids is 1. The maximum absolute atomic E-state index is 11.9. The number of benzene rings is 1. The summed E-state index contributed by atoms with van der Waals surface area (Å²) in [5, 5.41) is 11.5. The van der Waals surface area contributed by atoms with Crippen LogP contribution in [0.25, 0.3) is 0 Å². The zero-order chi connectivity index (χ0) is 15.7. The van der Waals surface area contributed by atoms with E-state index in [1.165, 1.54) is 0 Å². The second kappa shape index (κ2) is 9.00. The van der Waals surface area contributed by atoms with Gasteiger partial charge < -0.3 is 15.2 Å². The number of unbranched alkanes of at least 4 members (excludes halogenated alkanes) is 1. The van der Waals surface area contributed by atoms with Crippen LogP contribution in [0.1, 0.15) is 38.7 Å². The van der Waals surface area contributed by atoms with Gasteiger partial charge in [0.05, 0.1) is 0 Å². The Morgan fingerprint density at radius 3 is 2.81 bits per heavy atom. The summed E-state index contributed by atoms with van der Waals surface area (Å²) in [5.74, 6) is -0.474. The third-order valence-electron chi connectivity index (χ3n) is 3.17. The Labute approximate surface area is 125 Å². The van der Waals surface area contributed by atoms with E-state index in [9.17, 15) is 9.59 Å². The van der Waals surface area contributed by atoms with E-state index in [2.05, 4.69) is 12.2 Å². The third kappa shape index (κ3) is 6.79. The number of ether oxygens (including phenoxy) is 1. The normalized spacial score (nSPS) is 11.7. The van der Waals surface area contributed by atoms with Crippen molar-refractivity contribution in [1.29, 1.82) is 0 Å². The smallest absolute Gasteiger partial charge is 0.341 e. The molecule has 0 aromatic heterocycles. The van der Waals surface area contributed by atoms with E-state index in [0.717, 1.165) is 24.8 Å². The van der Waals surface area contributed by atoms with Gasteiger partial charge in [-0.05, 0) is 24.1 Å². The number of carboxylic acid groups (broad SMARTS) is 1. The van der Waals surface area contributed by atoms with Gasteiger partial charge in [0.2, 0.25) is 5.91 Å². The molecule has 2 N–H and O–H groups in total. The predicted molar refractivity (Wildman–Crippen MR) is 80.1 cm³/mol. The van der Waals surface area contributed by atoms with Crippen molar-refractivity contribution in [2.45, 2.75) is 39.7 Å². The van der Waals surface area contributed by atoms with Gasteiger partial charge in [-0.1, -0.05) is 38.8 Å². The van der Waals surface area contributed by atoms with Crippen LogP contribution in [0.2, 0.25) is 0 Å². The van der Waals surface area contributed by atoms with E-state index in [4.69, 9.17) is 9.84 Å². The summed E-state index contributed by atoms with van der Waals surface area (Å²) >= 11 is 0. The van der Waals surface area contributed by atoms with Crippen molar-refractivity contribution >= 4 is 11.9 Å². The average Bonchev–Trinajstić information content (AvgIpc) is 2.48. The molecule has 0 bridgehead atoms. The molecule has 1 amide bonds.